The van der Waals surface area contributed by atoms with Crippen molar-refractivity contribution >= 4 is 65.6 Å². The summed E-state index contributed by atoms with van der Waals surface area (Å²) in [5.74, 6) is 0. The molecule has 0 atom stereocenters. The van der Waals surface area contributed by atoms with Gasteiger partial charge in [-0.3, -0.25) is 0 Å². The van der Waals surface area contributed by atoms with Gasteiger partial charge in [0.05, 0.1) is 55.7 Å². The van der Waals surface area contributed by atoms with Gasteiger partial charge in [-0.05, 0) is 82.9 Å². The molecule has 3 heterocycles. The Balaban J connectivity index is 1.29. The number of nitrogens with zero attached hydrogens (tertiary/aromatic N) is 4. The van der Waals surface area contributed by atoms with E-state index in [2.05, 4.69) is 118 Å². The van der Waals surface area contributed by atoms with Crippen molar-refractivity contribution < 1.29 is 4.42 Å². The maximum atomic E-state index is 10.9. The molecule has 55 heavy (non-hydrogen) atoms. The van der Waals surface area contributed by atoms with Crippen LogP contribution in [0.2, 0.25) is 0 Å². The van der Waals surface area contributed by atoms with Gasteiger partial charge >= 0.3 is 0 Å². The topological polar surface area (TPSA) is 70.6 Å². The highest BCUT2D eigenvalue weighted by Crippen LogP contribution is 2.49. The van der Waals surface area contributed by atoms with Crippen LogP contribution in [0.15, 0.2) is 174 Å². The summed E-state index contributed by atoms with van der Waals surface area (Å²) in [4.78, 5) is 0. The number of nitriles is 2. The van der Waals surface area contributed by atoms with Gasteiger partial charge in [0.25, 0.3) is 0 Å². The third-order valence-corrected chi connectivity index (χ3v) is 10.9. The lowest BCUT2D eigenvalue weighted by Gasteiger charge is -2.14. The van der Waals surface area contributed by atoms with Crippen molar-refractivity contribution in [3.8, 4) is 45.8 Å². The van der Waals surface area contributed by atoms with E-state index in [0.717, 1.165) is 99.2 Å². The Morgan fingerprint density at radius 1 is 0.436 bits per heavy atom. The molecule has 0 saturated heterocycles. The van der Waals surface area contributed by atoms with Crippen LogP contribution in [0.1, 0.15) is 11.1 Å². The van der Waals surface area contributed by atoms with Crippen LogP contribution in [0.5, 0.6) is 0 Å². The van der Waals surface area contributed by atoms with E-state index in [1.165, 1.54) is 0 Å². The number of hydrogen-bond acceptors (Lipinski definition) is 3. The van der Waals surface area contributed by atoms with Crippen molar-refractivity contribution in [1.82, 2.24) is 9.13 Å². The summed E-state index contributed by atoms with van der Waals surface area (Å²) in [6.45, 7) is 0. The highest BCUT2D eigenvalue weighted by molar-refractivity contribution is 6.39. The molecule has 0 spiro atoms. The van der Waals surface area contributed by atoms with Crippen molar-refractivity contribution in [1.29, 1.82) is 10.5 Å². The molecule has 11 aromatic rings. The first-order valence-corrected chi connectivity index (χ1v) is 18.2. The predicted octanol–water partition coefficient (Wildman–Crippen LogP) is 12.9. The van der Waals surface area contributed by atoms with Gasteiger partial charge < -0.3 is 13.6 Å². The zero-order chi connectivity index (χ0) is 36.6. The summed E-state index contributed by atoms with van der Waals surface area (Å²) in [6.07, 6.45) is 0. The van der Waals surface area contributed by atoms with E-state index in [0.29, 0.717) is 11.1 Å². The fourth-order valence-corrected chi connectivity index (χ4v) is 8.63. The van der Waals surface area contributed by atoms with E-state index < -0.39 is 0 Å². The predicted molar refractivity (Wildman–Crippen MR) is 223 cm³/mol. The molecule has 0 saturated carbocycles. The quantitative estimate of drug-likeness (QED) is 0.183. The van der Waals surface area contributed by atoms with Crippen LogP contribution in [0.4, 0.5) is 0 Å². The summed E-state index contributed by atoms with van der Waals surface area (Å²) in [5, 5.41) is 27.3. The Morgan fingerprint density at radius 3 is 1.75 bits per heavy atom. The standard InChI is InChI=1S/C50H28N4O/c51-29-31-25-34(32-13-3-1-4-14-32)28-35(26-31)33-23-24-41(36(27-33)30-52)54-43-21-11-8-18-39(43)46-49(54)45-38-17-7-10-20-42(38)53(37-15-5-2-6-16-37)48(45)47-40-19-9-12-22-44(40)55-50(46)47/h1-28H. The van der Waals surface area contributed by atoms with E-state index in [9.17, 15) is 10.5 Å². The van der Waals surface area contributed by atoms with E-state index in [4.69, 9.17) is 4.42 Å². The molecule has 0 radical (unpaired) electrons. The molecule has 254 valence electrons. The second-order valence-corrected chi connectivity index (χ2v) is 13.9. The van der Waals surface area contributed by atoms with E-state index in [-0.39, 0.29) is 0 Å². The Morgan fingerprint density at radius 2 is 1.02 bits per heavy atom. The number of aromatic nitrogens is 2. The molecule has 0 aliphatic rings. The van der Waals surface area contributed by atoms with Crippen LogP contribution in [0.3, 0.4) is 0 Å². The van der Waals surface area contributed by atoms with Crippen molar-refractivity contribution in [3.05, 3.63) is 181 Å². The van der Waals surface area contributed by atoms with Gasteiger partial charge in [-0.25, -0.2) is 0 Å². The third-order valence-electron chi connectivity index (χ3n) is 10.9. The number of rotatable bonds is 4. The molecule has 3 aromatic heterocycles. The van der Waals surface area contributed by atoms with Crippen LogP contribution in [0.25, 0.3) is 99.2 Å². The van der Waals surface area contributed by atoms with Crippen LogP contribution in [-0.4, -0.2) is 9.13 Å². The van der Waals surface area contributed by atoms with Gasteiger partial charge in [0.2, 0.25) is 0 Å². The number of para-hydroxylation sites is 4. The second kappa shape index (κ2) is 11.8. The van der Waals surface area contributed by atoms with Crippen LogP contribution in [0, 0.1) is 22.7 Å². The second-order valence-electron chi connectivity index (χ2n) is 13.9. The number of hydrogen-bond donors (Lipinski definition) is 0. The van der Waals surface area contributed by atoms with Crippen LogP contribution >= 0.6 is 0 Å². The molecular weight excluding hydrogens is 673 g/mol. The first kappa shape index (κ1) is 30.7. The molecule has 0 fully saturated rings. The van der Waals surface area contributed by atoms with E-state index in [1.54, 1.807) is 0 Å². The summed E-state index contributed by atoms with van der Waals surface area (Å²) < 4.78 is 11.5. The molecular formula is C50H28N4O. The van der Waals surface area contributed by atoms with Crippen molar-refractivity contribution in [2.24, 2.45) is 0 Å². The Kier molecular flexibility index (Phi) is 6.61. The fraction of sp³-hybridized carbons (Fsp3) is 0. The molecule has 11 rings (SSSR count). The average molecular weight is 701 g/mol. The minimum Gasteiger partial charge on any atom is -0.455 e. The minimum atomic E-state index is 0.522. The molecule has 0 aliphatic heterocycles. The first-order valence-electron chi connectivity index (χ1n) is 18.2. The van der Waals surface area contributed by atoms with Gasteiger partial charge in [0.1, 0.15) is 17.2 Å². The largest absolute Gasteiger partial charge is 0.455 e. The summed E-state index contributed by atoms with van der Waals surface area (Å²) in [7, 11) is 0. The Labute approximate surface area is 315 Å². The lowest BCUT2D eigenvalue weighted by atomic mass is 9.95. The molecule has 0 amide bonds. The molecule has 5 heteroatoms. The maximum absolute atomic E-state index is 10.9. The van der Waals surface area contributed by atoms with Crippen molar-refractivity contribution in [2.75, 3.05) is 0 Å². The summed E-state index contributed by atoms with van der Waals surface area (Å²) in [6, 6.07) is 62.7. The fourth-order valence-electron chi connectivity index (χ4n) is 8.63. The molecule has 8 aromatic carbocycles. The summed E-state index contributed by atoms with van der Waals surface area (Å²) >= 11 is 0. The maximum Gasteiger partial charge on any atom is 0.147 e. The average Bonchev–Trinajstić information content (AvgIpc) is 3.92. The van der Waals surface area contributed by atoms with Gasteiger partial charge in [-0.15, -0.1) is 0 Å². The number of benzene rings is 8. The van der Waals surface area contributed by atoms with Gasteiger partial charge in [-0.1, -0.05) is 109 Å². The zero-order valence-corrected chi connectivity index (χ0v) is 29.4. The van der Waals surface area contributed by atoms with E-state index >= 15 is 0 Å². The Bertz CT molecular complexity index is 3440. The highest BCUT2D eigenvalue weighted by Gasteiger charge is 2.28. The molecule has 0 aliphatic carbocycles. The van der Waals surface area contributed by atoms with Gasteiger partial charge in [0, 0.05) is 27.2 Å². The third kappa shape index (κ3) is 4.45. The van der Waals surface area contributed by atoms with Gasteiger partial charge in [-0.2, -0.15) is 10.5 Å². The van der Waals surface area contributed by atoms with Crippen molar-refractivity contribution in [3.63, 3.8) is 0 Å². The minimum absolute atomic E-state index is 0.522. The normalized spacial score (nSPS) is 11.6. The zero-order valence-electron chi connectivity index (χ0n) is 29.4. The smallest absolute Gasteiger partial charge is 0.147 e. The Hall–Kier alpha value is -7.86. The molecule has 0 unspecified atom stereocenters. The monoisotopic (exact) mass is 700 g/mol. The molecule has 5 nitrogen and oxygen atoms in total. The van der Waals surface area contributed by atoms with Crippen LogP contribution < -0.4 is 0 Å². The van der Waals surface area contributed by atoms with Crippen molar-refractivity contribution in [2.45, 2.75) is 0 Å². The van der Waals surface area contributed by atoms with E-state index in [1.807, 2.05) is 72.8 Å². The number of fused-ring (bicyclic) bond motifs is 12. The SMILES string of the molecule is N#Cc1cc(-c2ccccc2)cc(-c2ccc(-n3c4ccccc4c4c5oc6ccccc6c5c5c(c6ccccc6n5-c5ccccc5)c43)c(C#N)c2)c1. The van der Waals surface area contributed by atoms with Gasteiger partial charge in [0.15, 0.2) is 0 Å². The number of furan rings is 1. The molecule has 0 bridgehead atoms. The lowest BCUT2D eigenvalue weighted by Crippen LogP contribution is -1.99. The molecule has 0 N–H and O–H groups in total. The summed E-state index contributed by atoms with van der Waals surface area (Å²) in [5.41, 5.74) is 12.4. The lowest BCUT2D eigenvalue weighted by molar-refractivity contribution is 0.673. The first-order chi connectivity index (χ1) is 27.2. The highest BCUT2D eigenvalue weighted by atomic mass is 16.3. The van der Waals surface area contributed by atoms with Crippen LogP contribution in [-0.2, 0) is 0 Å².